The van der Waals surface area contributed by atoms with E-state index < -0.39 is 0 Å². The highest BCUT2D eigenvalue weighted by Crippen LogP contribution is 2.28. The number of rotatable bonds is 4. The maximum absolute atomic E-state index is 12.5. The summed E-state index contributed by atoms with van der Waals surface area (Å²) in [4.78, 5) is 16.6. The second kappa shape index (κ2) is 6.48. The van der Waals surface area contributed by atoms with Crippen LogP contribution in [0.4, 0.5) is 0 Å². The molecule has 6 heteroatoms. The summed E-state index contributed by atoms with van der Waals surface area (Å²) >= 11 is 0. The molecule has 0 spiro atoms. The maximum Gasteiger partial charge on any atom is 0.252 e. The third-order valence-corrected chi connectivity index (χ3v) is 4.46. The Hall–Kier alpha value is -2.24. The molecular formula is C17H22N4O2. The van der Waals surface area contributed by atoms with Gasteiger partial charge in [-0.25, -0.2) is 0 Å². The number of hydrogen-bond donors (Lipinski definition) is 1. The molecule has 1 amide bonds. The van der Waals surface area contributed by atoms with Gasteiger partial charge in [-0.15, -0.1) is 10.2 Å². The smallest absolute Gasteiger partial charge is 0.252 e. The first-order valence-electron chi connectivity index (χ1n) is 8.04. The van der Waals surface area contributed by atoms with Crippen molar-refractivity contribution in [3.63, 3.8) is 0 Å². The molecule has 1 N–H and O–H groups in total. The zero-order chi connectivity index (χ0) is 16.4. The molecule has 1 aliphatic rings. The molecule has 2 aromatic heterocycles. The lowest BCUT2D eigenvalue weighted by Gasteiger charge is -2.15. The quantitative estimate of drug-likeness (QED) is 0.938. The minimum atomic E-state index is 0.00156. The van der Waals surface area contributed by atoms with Crippen LogP contribution >= 0.6 is 0 Å². The van der Waals surface area contributed by atoms with Gasteiger partial charge in [0, 0.05) is 37.3 Å². The Morgan fingerprint density at radius 3 is 2.61 bits per heavy atom. The fourth-order valence-corrected chi connectivity index (χ4v) is 3.38. The van der Waals surface area contributed by atoms with Gasteiger partial charge < -0.3 is 9.73 Å². The normalized spacial score (nSPS) is 20.7. The summed E-state index contributed by atoms with van der Waals surface area (Å²) in [6.45, 7) is 5.64. The second-order valence-electron chi connectivity index (χ2n) is 6.42. The third-order valence-electron chi connectivity index (χ3n) is 4.46. The van der Waals surface area contributed by atoms with Crippen molar-refractivity contribution < 1.29 is 9.21 Å². The highest BCUT2D eigenvalue weighted by Gasteiger charge is 2.28. The van der Waals surface area contributed by atoms with Crippen LogP contribution in [-0.2, 0) is 6.42 Å². The minimum absolute atomic E-state index is 0.00156. The number of aryl methyl sites for hydroxylation is 3. The topological polar surface area (TPSA) is 80.9 Å². The van der Waals surface area contributed by atoms with Gasteiger partial charge in [0.25, 0.3) is 5.91 Å². The van der Waals surface area contributed by atoms with E-state index in [1.807, 2.05) is 13.8 Å². The lowest BCUT2D eigenvalue weighted by molar-refractivity contribution is 0.0935. The Balaban J connectivity index is 1.58. The monoisotopic (exact) mass is 314 g/mol. The van der Waals surface area contributed by atoms with Crippen molar-refractivity contribution in [2.75, 3.05) is 0 Å². The van der Waals surface area contributed by atoms with E-state index >= 15 is 0 Å². The fourth-order valence-electron chi connectivity index (χ4n) is 3.38. The van der Waals surface area contributed by atoms with Crippen molar-refractivity contribution in [2.45, 2.75) is 52.5 Å². The van der Waals surface area contributed by atoms with Crippen molar-refractivity contribution in [1.82, 2.24) is 20.5 Å². The molecule has 2 heterocycles. The van der Waals surface area contributed by atoms with Crippen molar-refractivity contribution in [3.8, 4) is 0 Å². The molecule has 0 saturated heterocycles. The van der Waals surface area contributed by atoms with E-state index in [1.165, 1.54) is 0 Å². The molecule has 0 aromatic carbocycles. The van der Waals surface area contributed by atoms with Gasteiger partial charge in [0.05, 0.1) is 0 Å². The lowest BCUT2D eigenvalue weighted by atomic mass is 10.0. The van der Waals surface area contributed by atoms with E-state index in [0.29, 0.717) is 17.7 Å². The van der Waals surface area contributed by atoms with E-state index in [-0.39, 0.29) is 11.9 Å². The summed E-state index contributed by atoms with van der Waals surface area (Å²) in [5.74, 6) is 1.79. The molecule has 23 heavy (non-hydrogen) atoms. The summed E-state index contributed by atoms with van der Waals surface area (Å²) in [6, 6.07) is 0.212. The number of amides is 1. The SMILES string of the molecule is Cc1nnc(C[C@@H]2CC[C@H](NC(=O)c3c(C)cncc3C)C2)o1. The number of aromatic nitrogens is 3. The maximum atomic E-state index is 12.5. The van der Waals surface area contributed by atoms with Crippen LogP contribution in [0.3, 0.4) is 0 Å². The molecule has 1 fully saturated rings. The summed E-state index contributed by atoms with van der Waals surface area (Å²) < 4.78 is 5.45. The zero-order valence-electron chi connectivity index (χ0n) is 13.8. The number of carbonyl (C=O) groups is 1. The van der Waals surface area contributed by atoms with Gasteiger partial charge in [-0.2, -0.15) is 0 Å². The number of nitrogens with one attached hydrogen (secondary N) is 1. The lowest BCUT2D eigenvalue weighted by Crippen LogP contribution is -2.34. The van der Waals surface area contributed by atoms with Gasteiger partial charge in [-0.1, -0.05) is 0 Å². The van der Waals surface area contributed by atoms with Gasteiger partial charge in [0.1, 0.15) is 0 Å². The molecule has 3 rings (SSSR count). The first-order valence-corrected chi connectivity index (χ1v) is 8.04. The van der Waals surface area contributed by atoms with Gasteiger partial charge >= 0.3 is 0 Å². The van der Waals surface area contributed by atoms with Crippen LogP contribution in [0.5, 0.6) is 0 Å². The standard InChI is InChI=1S/C17H22N4O2/c1-10-8-18-9-11(2)16(10)17(22)19-14-5-4-13(6-14)7-15-21-20-12(3)23-15/h8-9,13-14H,4-7H2,1-3H3,(H,19,22)/t13-,14+/m1/s1. The Kier molecular flexibility index (Phi) is 4.41. The predicted octanol–water partition coefficient (Wildman–Crippen LogP) is 2.53. The molecule has 122 valence electrons. The first kappa shape index (κ1) is 15.6. The molecule has 2 atom stereocenters. The summed E-state index contributed by atoms with van der Waals surface area (Å²) in [7, 11) is 0. The van der Waals surface area contributed by atoms with Gasteiger partial charge in [-0.3, -0.25) is 9.78 Å². The minimum Gasteiger partial charge on any atom is -0.426 e. The molecular weight excluding hydrogens is 292 g/mol. The second-order valence-corrected chi connectivity index (χ2v) is 6.42. The van der Waals surface area contributed by atoms with Crippen LogP contribution in [0.15, 0.2) is 16.8 Å². The van der Waals surface area contributed by atoms with Gasteiger partial charge in [0.2, 0.25) is 11.8 Å². The molecule has 1 saturated carbocycles. The first-order chi connectivity index (χ1) is 11.0. The van der Waals surface area contributed by atoms with Crippen molar-refractivity contribution in [2.24, 2.45) is 5.92 Å². The van der Waals surface area contributed by atoms with E-state index in [4.69, 9.17) is 4.42 Å². The highest BCUT2D eigenvalue weighted by molar-refractivity contribution is 5.97. The van der Waals surface area contributed by atoms with Crippen LogP contribution in [0.1, 0.15) is 52.5 Å². The highest BCUT2D eigenvalue weighted by atomic mass is 16.4. The Morgan fingerprint density at radius 1 is 1.22 bits per heavy atom. The van der Waals surface area contributed by atoms with Crippen LogP contribution in [0.2, 0.25) is 0 Å². The van der Waals surface area contributed by atoms with E-state index in [0.717, 1.165) is 42.4 Å². The molecule has 6 nitrogen and oxygen atoms in total. The van der Waals surface area contributed by atoms with Crippen LogP contribution in [0.25, 0.3) is 0 Å². The Labute approximate surface area is 135 Å². The van der Waals surface area contributed by atoms with Crippen molar-refractivity contribution in [3.05, 3.63) is 40.9 Å². The number of hydrogen-bond acceptors (Lipinski definition) is 5. The van der Waals surface area contributed by atoms with E-state index in [9.17, 15) is 4.79 Å². The molecule has 0 bridgehead atoms. The molecule has 0 unspecified atom stereocenters. The fraction of sp³-hybridized carbons (Fsp3) is 0.529. The van der Waals surface area contributed by atoms with Crippen LogP contribution in [-0.4, -0.2) is 27.1 Å². The average Bonchev–Trinajstić information content (AvgIpc) is 3.08. The molecule has 0 radical (unpaired) electrons. The van der Waals surface area contributed by atoms with Crippen LogP contribution in [0, 0.1) is 26.7 Å². The Bertz CT molecular complexity index is 690. The molecule has 0 aliphatic heterocycles. The van der Waals surface area contributed by atoms with Crippen molar-refractivity contribution in [1.29, 1.82) is 0 Å². The van der Waals surface area contributed by atoms with E-state index in [1.54, 1.807) is 19.3 Å². The molecule has 2 aromatic rings. The Morgan fingerprint density at radius 2 is 1.96 bits per heavy atom. The van der Waals surface area contributed by atoms with E-state index in [2.05, 4.69) is 20.5 Å². The van der Waals surface area contributed by atoms with Crippen LogP contribution < -0.4 is 5.32 Å². The van der Waals surface area contributed by atoms with Gasteiger partial charge in [-0.05, 0) is 50.2 Å². The summed E-state index contributed by atoms with van der Waals surface area (Å²) in [6.07, 6.45) is 7.28. The van der Waals surface area contributed by atoms with Crippen molar-refractivity contribution >= 4 is 5.91 Å². The largest absolute Gasteiger partial charge is 0.426 e. The number of carbonyl (C=O) groups excluding carboxylic acids is 1. The molecule has 1 aliphatic carbocycles. The van der Waals surface area contributed by atoms with Gasteiger partial charge in [0.15, 0.2) is 0 Å². The summed E-state index contributed by atoms with van der Waals surface area (Å²) in [5.41, 5.74) is 2.58. The third kappa shape index (κ3) is 3.57. The zero-order valence-corrected chi connectivity index (χ0v) is 13.8. The predicted molar refractivity (Wildman–Crippen MR) is 85.0 cm³/mol. The number of pyridine rings is 1. The summed E-state index contributed by atoms with van der Waals surface area (Å²) in [5, 5.41) is 11.1. The average molecular weight is 314 g/mol. The number of nitrogens with zero attached hydrogens (tertiary/aromatic N) is 3.